The zero-order valence-corrected chi connectivity index (χ0v) is 10.5. The van der Waals surface area contributed by atoms with E-state index in [2.05, 4.69) is 9.80 Å². The first-order valence-corrected chi connectivity index (χ1v) is 5.68. The maximum Gasteiger partial charge on any atom is 0.307 e. The largest absolute Gasteiger partial charge is 0.481 e. The van der Waals surface area contributed by atoms with Crippen LogP contribution in [-0.2, 0) is 4.79 Å². The molecule has 1 atom stereocenters. The molecule has 0 aliphatic carbocycles. The van der Waals surface area contributed by atoms with E-state index in [9.17, 15) is 4.79 Å². The van der Waals surface area contributed by atoms with E-state index in [-0.39, 0.29) is 12.5 Å². The summed E-state index contributed by atoms with van der Waals surface area (Å²) in [5.74, 6) is -1.13. The van der Waals surface area contributed by atoms with Crippen molar-refractivity contribution >= 4 is 5.97 Å². The molecule has 16 heavy (non-hydrogen) atoms. The SMILES string of the molecule is CC(CN(CCCO)CCN(C)C)C(=O)O. The van der Waals surface area contributed by atoms with E-state index in [4.69, 9.17) is 10.2 Å². The van der Waals surface area contributed by atoms with Crippen molar-refractivity contribution in [2.24, 2.45) is 5.92 Å². The van der Waals surface area contributed by atoms with Crippen molar-refractivity contribution in [3.05, 3.63) is 0 Å². The van der Waals surface area contributed by atoms with Crippen LogP contribution >= 0.6 is 0 Å². The maximum absolute atomic E-state index is 10.8. The van der Waals surface area contributed by atoms with Crippen LogP contribution in [0, 0.1) is 5.92 Å². The highest BCUT2D eigenvalue weighted by Crippen LogP contribution is 2.01. The number of carbonyl (C=O) groups is 1. The Morgan fingerprint density at radius 2 is 1.88 bits per heavy atom. The Bertz CT molecular complexity index is 198. The van der Waals surface area contributed by atoms with Gasteiger partial charge in [-0.25, -0.2) is 0 Å². The number of rotatable bonds is 9. The van der Waals surface area contributed by atoms with Gasteiger partial charge in [-0.2, -0.15) is 0 Å². The summed E-state index contributed by atoms with van der Waals surface area (Å²) in [6.45, 7) is 4.90. The highest BCUT2D eigenvalue weighted by atomic mass is 16.4. The lowest BCUT2D eigenvalue weighted by molar-refractivity contribution is -0.141. The van der Waals surface area contributed by atoms with Gasteiger partial charge in [0.05, 0.1) is 5.92 Å². The van der Waals surface area contributed by atoms with Gasteiger partial charge in [0.2, 0.25) is 0 Å². The number of aliphatic hydroxyl groups is 1. The Morgan fingerprint density at radius 1 is 1.25 bits per heavy atom. The van der Waals surface area contributed by atoms with Gasteiger partial charge in [0.15, 0.2) is 0 Å². The van der Waals surface area contributed by atoms with Crippen LogP contribution in [-0.4, -0.2) is 72.9 Å². The summed E-state index contributed by atoms with van der Waals surface area (Å²) in [4.78, 5) is 14.9. The van der Waals surface area contributed by atoms with Crippen molar-refractivity contribution in [3.8, 4) is 0 Å². The first-order valence-electron chi connectivity index (χ1n) is 5.68. The lowest BCUT2D eigenvalue weighted by Crippen LogP contribution is -2.37. The fourth-order valence-corrected chi connectivity index (χ4v) is 1.40. The molecule has 0 bridgehead atoms. The molecule has 0 fully saturated rings. The van der Waals surface area contributed by atoms with Crippen molar-refractivity contribution in [2.75, 3.05) is 46.9 Å². The van der Waals surface area contributed by atoms with E-state index < -0.39 is 5.97 Å². The Morgan fingerprint density at radius 3 is 2.31 bits per heavy atom. The summed E-state index contributed by atoms with van der Waals surface area (Å²) in [6, 6.07) is 0. The van der Waals surface area contributed by atoms with Crippen LogP contribution in [0.3, 0.4) is 0 Å². The molecular formula is C11H24N2O3. The quantitative estimate of drug-likeness (QED) is 0.584. The third kappa shape index (κ3) is 7.62. The van der Waals surface area contributed by atoms with E-state index in [0.29, 0.717) is 13.0 Å². The Hall–Kier alpha value is -0.650. The van der Waals surface area contributed by atoms with Gasteiger partial charge in [-0.15, -0.1) is 0 Å². The smallest absolute Gasteiger partial charge is 0.307 e. The minimum atomic E-state index is -0.765. The number of hydrogen-bond donors (Lipinski definition) is 2. The van der Waals surface area contributed by atoms with Gasteiger partial charge in [-0.05, 0) is 20.5 Å². The lowest BCUT2D eigenvalue weighted by atomic mass is 10.1. The van der Waals surface area contributed by atoms with Crippen LogP contribution in [0.4, 0.5) is 0 Å². The fourth-order valence-electron chi connectivity index (χ4n) is 1.40. The zero-order valence-electron chi connectivity index (χ0n) is 10.5. The van der Waals surface area contributed by atoms with Crippen molar-refractivity contribution < 1.29 is 15.0 Å². The molecule has 0 saturated heterocycles. The maximum atomic E-state index is 10.8. The van der Waals surface area contributed by atoms with Gasteiger partial charge in [0.1, 0.15) is 0 Å². The van der Waals surface area contributed by atoms with Gasteiger partial charge < -0.3 is 20.0 Å². The van der Waals surface area contributed by atoms with Crippen LogP contribution in [0.1, 0.15) is 13.3 Å². The molecular weight excluding hydrogens is 208 g/mol. The number of aliphatic hydroxyl groups excluding tert-OH is 1. The molecule has 0 aromatic heterocycles. The van der Waals surface area contributed by atoms with Gasteiger partial charge in [-0.1, -0.05) is 6.92 Å². The van der Waals surface area contributed by atoms with Crippen molar-refractivity contribution in [2.45, 2.75) is 13.3 Å². The van der Waals surface area contributed by atoms with Crippen LogP contribution in [0.5, 0.6) is 0 Å². The number of nitrogens with zero attached hydrogens (tertiary/aromatic N) is 2. The molecule has 0 aliphatic heterocycles. The molecule has 0 aliphatic rings. The second-order valence-corrected chi connectivity index (χ2v) is 4.42. The second-order valence-electron chi connectivity index (χ2n) is 4.42. The molecule has 0 aromatic carbocycles. The molecule has 5 heteroatoms. The van der Waals surface area contributed by atoms with Crippen molar-refractivity contribution in [1.82, 2.24) is 9.80 Å². The average molecular weight is 232 g/mol. The normalized spacial score (nSPS) is 13.4. The number of carboxylic acids is 1. The van der Waals surface area contributed by atoms with Gasteiger partial charge >= 0.3 is 5.97 Å². The van der Waals surface area contributed by atoms with E-state index in [1.807, 2.05) is 14.1 Å². The summed E-state index contributed by atoms with van der Waals surface area (Å²) in [5.41, 5.74) is 0. The monoisotopic (exact) mass is 232 g/mol. The predicted molar refractivity (Wildman–Crippen MR) is 63.5 cm³/mol. The van der Waals surface area contributed by atoms with E-state index in [0.717, 1.165) is 19.6 Å². The standard InChI is InChI=1S/C11H24N2O3/c1-10(11(15)16)9-13(5-4-8-14)7-6-12(2)3/h10,14H,4-9H2,1-3H3,(H,15,16). The Labute approximate surface area is 97.7 Å². The molecule has 2 N–H and O–H groups in total. The molecule has 0 saturated carbocycles. The molecule has 0 heterocycles. The summed E-state index contributed by atoms with van der Waals surface area (Å²) in [7, 11) is 3.98. The first kappa shape index (κ1) is 15.3. The minimum Gasteiger partial charge on any atom is -0.481 e. The second kappa shape index (κ2) is 8.50. The lowest BCUT2D eigenvalue weighted by Gasteiger charge is -2.25. The topological polar surface area (TPSA) is 64.0 Å². The number of likely N-dealkylation sites (N-methyl/N-ethyl adjacent to an activating group) is 1. The van der Waals surface area contributed by atoms with Crippen LogP contribution in [0.2, 0.25) is 0 Å². The zero-order chi connectivity index (χ0) is 12.6. The fraction of sp³-hybridized carbons (Fsp3) is 0.909. The third-order valence-corrected chi connectivity index (χ3v) is 2.45. The predicted octanol–water partition coefficient (Wildman–Crippen LogP) is -0.0469. The van der Waals surface area contributed by atoms with Crippen LogP contribution < -0.4 is 0 Å². The van der Waals surface area contributed by atoms with Gasteiger partial charge in [0.25, 0.3) is 0 Å². The van der Waals surface area contributed by atoms with E-state index in [1.54, 1.807) is 6.92 Å². The van der Waals surface area contributed by atoms with E-state index in [1.165, 1.54) is 0 Å². The van der Waals surface area contributed by atoms with Crippen molar-refractivity contribution in [3.63, 3.8) is 0 Å². The highest BCUT2D eigenvalue weighted by molar-refractivity contribution is 5.69. The van der Waals surface area contributed by atoms with Gasteiger partial charge in [-0.3, -0.25) is 4.79 Å². The molecule has 0 spiro atoms. The van der Waals surface area contributed by atoms with Crippen LogP contribution in [0.25, 0.3) is 0 Å². The molecule has 0 aromatic rings. The molecule has 0 radical (unpaired) electrons. The summed E-state index contributed by atoms with van der Waals surface area (Å²) in [5, 5.41) is 17.6. The van der Waals surface area contributed by atoms with E-state index >= 15 is 0 Å². The summed E-state index contributed by atoms with van der Waals surface area (Å²) < 4.78 is 0. The molecule has 0 amide bonds. The molecule has 96 valence electrons. The Kier molecular flexibility index (Phi) is 8.15. The number of aliphatic carboxylic acids is 1. The number of carboxylic acid groups (broad SMARTS) is 1. The summed E-state index contributed by atoms with van der Waals surface area (Å²) in [6.07, 6.45) is 0.694. The third-order valence-electron chi connectivity index (χ3n) is 2.45. The Balaban J connectivity index is 4.03. The first-order chi connectivity index (χ1) is 7.47. The van der Waals surface area contributed by atoms with Gasteiger partial charge in [0, 0.05) is 32.8 Å². The minimum absolute atomic E-state index is 0.153. The number of hydrogen-bond acceptors (Lipinski definition) is 4. The van der Waals surface area contributed by atoms with Crippen LogP contribution in [0.15, 0.2) is 0 Å². The molecule has 5 nitrogen and oxygen atoms in total. The molecule has 1 unspecified atom stereocenters. The summed E-state index contributed by atoms with van der Waals surface area (Å²) >= 11 is 0. The molecule has 0 rings (SSSR count). The average Bonchev–Trinajstić information content (AvgIpc) is 2.21. The van der Waals surface area contributed by atoms with Crippen molar-refractivity contribution in [1.29, 1.82) is 0 Å². The highest BCUT2D eigenvalue weighted by Gasteiger charge is 2.15.